The number of sulfonamides is 1. The van der Waals surface area contributed by atoms with E-state index in [4.69, 9.17) is 0 Å². The molecule has 0 aromatic carbocycles. The number of thiazole rings is 1. The van der Waals surface area contributed by atoms with Gasteiger partial charge in [-0.25, -0.2) is 13.4 Å². The van der Waals surface area contributed by atoms with E-state index in [-0.39, 0.29) is 0 Å². The van der Waals surface area contributed by atoms with Crippen LogP contribution in [0.4, 0.5) is 5.13 Å². The molecule has 2 aromatic rings. The third-order valence-corrected chi connectivity index (χ3v) is 7.39. The summed E-state index contributed by atoms with van der Waals surface area (Å²) in [5, 5.41) is 3.68. The van der Waals surface area contributed by atoms with E-state index in [9.17, 15) is 8.42 Å². The second-order valence-corrected chi connectivity index (χ2v) is 9.01. The predicted octanol–water partition coefficient (Wildman–Crippen LogP) is 2.60. The number of hydrogen-bond donors (Lipinski definition) is 2. The van der Waals surface area contributed by atoms with Gasteiger partial charge in [0, 0.05) is 16.3 Å². The van der Waals surface area contributed by atoms with E-state index in [1.165, 1.54) is 27.6 Å². The first-order chi connectivity index (χ1) is 10.1. The normalized spacial score (nSPS) is 14.3. The molecule has 2 N–H and O–H groups in total. The Balaban J connectivity index is 1.75. The van der Waals surface area contributed by atoms with Crippen LogP contribution in [-0.2, 0) is 29.4 Å². The van der Waals surface area contributed by atoms with E-state index in [1.54, 1.807) is 6.07 Å². The fourth-order valence-corrected chi connectivity index (χ4v) is 5.86. The summed E-state index contributed by atoms with van der Waals surface area (Å²) < 4.78 is 27.7. The molecule has 0 bridgehead atoms. The first-order valence-corrected chi connectivity index (χ1v) is 10.0. The molecular formula is C13H17N3O2S3. The molecule has 0 fully saturated rings. The maximum absolute atomic E-state index is 12.4. The number of aromatic nitrogens is 1. The van der Waals surface area contributed by atoms with E-state index in [2.05, 4.69) is 15.0 Å². The van der Waals surface area contributed by atoms with Gasteiger partial charge < -0.3 is 5.32 Å². The van der Waals surface area contributed by atoms with Crippen molar-refractivity contribution in [3.05, 3.63) is 27.6 Å². The molecule has 0 unspecified atom stereocenters. The van der Waals surface area contributed by atoms with E-state index in [0.29, 0.717) is 15.9 Å². The Hall–Kier alpha value is -0.960. The van der Waals surface area contributed by atoms with Gasteiger partial charge in [-0.1, -0.05) is 6.92 Å². The van der Waals surface area contributed by atoms with Gasteiger partial charge in [0.25, 0.3) is 10.0 Å². The molecule has 0 spiro atoms. The Morgan fingerprint density at radius 3 is 2.90 bits per heavy atom. The minimum atomic E-state index is -3.52. The van der Waals surface area contributed by atoms with Crippen LogP contribution < -0.4 is 10.0 Å². The monoisotopic (exact) mass is 343 g/mol. The zero-order valence-electron chi connectivity index (χ0n) is 11.7. The number of hydrogen-bond acceptors (Lipinski definition) is 6. The molecule has 0 saturated heterocycles. The topological polar surface area (TPSA) is 71.1 Å². The van der Waals surface area contributed by atoms with Crippen LogP contribution in [0.1, 0.15) is 28.8 Å². The number of nitrogens with zero attached hydrogens (tertiary/aromatic N) is 1. The smallest absolute Gasteiger partial charge is 0.273 e. The van der Waals surface area contributed by atoms with Crippen LogP contribution in [0.15, 0.2) is 16.3 Å². The molecule has 8 heteroatoms. The highest BCUT2D eigenvalue weighted by Crippen LogP contribution is 2.32. The summed E-state index contributed by atoms with van der Waals surface area (Å²) in [6.45, 7) is 3.58. The molecule has 114 valence electrons. The van der Waals surface area contributed by atoms with Crippen molar-refractivity contribution in [1.29, 1.82) is 0 Å². The van der Waals surface area contributed by atoms with Crippen molar-refractivity contribution in [1.82, 2.24) is 10.3 Å². The Bertz CT molecular complexity index is 712. The van der Waals surface area contributed by atoms with Gasteiger partial charge in [0.1, 0.15) is 4.21 Å². The number of rotatable bonds is 6. The molecule has 0 radical (unpaired) electrons. The second kappa shape index (κ2) is 6.04. The average Bonchev–Trinajstić information content (AvgIpc) is 3.10. The highest BCUT2D eigenvalue weighted by Gasteiger charge is 2.22. The number of fused-ring (bicyclic) bond motifs is 1. The second-order valence-electron chi connectivity index (χ2n) is 4.85. The van der Waals surface area contributed by atoms with Crippen LogP contribution in [0.2, 0.25) is 0 Å². The Labute approximate surface area is 132 Å². The third kappa shape index (κ3) is 3.28. The number of thiophene rings is 1. The van der Waals surface area contributed by atoms with E-state index < -0.39 is 10.0 Å². The van der Waals surface area contributed by atoms with Gasteiger partial charge >= 0.3 is 0 Å². The fourth-order valence-electron chi connectivity index (χ4n) is 2.25. The molecular weight excluding hydrogens is 326 g/mol. The summed E-state index contributed by atoms with van der Waals surface area (Å²) in [6, 6.07) is 3.50. The summed E-state index contributed by atoms with van der Waals surface area (Å²) in [5.41, 5.74) is 1.05. The standard InChI is InChI=1S/C13H17N3O2S3/c1-2-14-8-9-6-7-12(19-9)21(17,18)16-13-15-10-4-3-5-11(10)20-13/h6-7,14H,2-5,8H2,1H3,(H,15,16). The number of aryl methyl sites for hydroxylation is 2. The van der Waals surface area contributed by atoms with Gasteiger partial charge in [0.2, 0.25) is 0 Å². The third-order valence-electron chi connectivity index (χ3n) is 3.27. The van der Waals surface area contributed by atoms with Crippen LogP contribution in [0, 0.1) is 0 Å². The lowest BCUT2D eigenvalue weighted by molar-refractivity contribution is 0.603. The van der Waals surface area contributed by atoms with Crippen LogP contribution in [-0.4, -0.2) is 19.9 Å². The van der Waals surface area contributed by atoms with Gasteiger partial charge in [0.05, 0.1) is 5.69 Å². The van der Waals surface area contributed by atoms with Crippen molar-refractivity contribution < 1.29 is 8.42 Å². The Kier molecular flexibility index (Phi) is 4.30. The van der Waals surface area contributed by atoms with Crippen molar-refractivity contribution >= 4 is 37.8 Å². The maximum Gasteiger partial charge on any atom is 0.273 e. The highest BCUT2D eigenvalue weighted by molar-refractivity contribution is 7.94. The SMILES string of the molecule is CCNCc1ccc(S(=O)(=O)Nc2nc3c(s2)CCC3)s1. The van der Waals surface area contributed by atoms with Crippen LogP contribution in [0.25, 0.3) is 0 Å². The van der Waals surface area contributed by atoms with Crippen molar-refractivity contribution in [3.8, 4) is 0 Å². The zero-order valence-corrected chi connectivity index (χ0v) is 14.1. The molecule has 5 nitrogen and oxygen atoms in total. The van der Waals surface area contributed by atoms with E-state index in [0.717, 1.165) is 36.4 Å². The molecule has 0 aliphatic heterocycles. The Morgan fingerprint density at radius 1 is 1.29 bits per heavy atom. The molecule has 0 atom stereocenters. The summed E-state index contributed by atoms with van der Waals surface area (Å²) in [5.74, 6) is 0. The van der Waals surface area contributed by atoms with Gasteiger partial charge in [-0.2, -0.15) is 0 Å². The van der Waals surface area contributed by atoms with Gasteiger partial charge in [-0.15, -0.1) is 22.7 Å². The lowest BCUT2D eigenvalue weighted by Crippen LogP contribution is -2.11. The Morgan fingerprint density at radius 2 is 2.14 bits per heavy atom. The summed E-state index contributed by atoms with van der Waals surface area (Å²) in [4.78, 5) is 6.61. The molecule has 1 aliphatic rings. The minimum Gasteiger partial charge on any atom is -0.312 e. The number of anilines is 1. The summed E-state index contributed by atoms with van der Waals surface area (Å²) >= 11 is 2.75. The molecule has 2 aromatic heterocycles. The fraction of sp³-hybridized carbons (Fsp3) is 0.462. The lowest BCUT2D eigenvalue weighted by atomic mass is 10.4. The van der Waals surface area contributed by atoms with Crippen molar-refractivity contribution in [3.63, 3.8) is 0 Å². The van der Waals surface area contributed by atoms with E-state index >= 15 is 0 Å². The molecule has 21 heavy (non-hydrogen) atoms. The summed E-state index contributed by atoms with van der Waals surface area (Å²) in [6.07, 6.45) is 3.10. The summed E-state index contributed by atoms with van der Waals surface area (Å²) in [7, 11) is -3.52. The average molecular weight is 343 g/mol. The van der Waals surface area contributed by atoms with Crippen molar-refractivity contribution in [2.75, 3.05) is 11.3 Å². The lowest BCUT2D eigenvalue weighted by Gasteiger charge is -2.02. The molecule has 1 aliphatic carbocycles. The first-order valence-electron chi connectivity index (χ1n) is 6.89. The quantitative estimate of drug-likeness (QED) is 0.846. The largest absolute Gasteiger partial charge is 0.312 e. The maximum atomic E-state index is 12.4. The molecule has 2 heterocycles. The van der Waals surface area contributed by atoms with Crippen molar-refractivity contribution in [2.24, 2.45) is 0 Å². The van der Waals surface area contributed by atoms with Crippen LogP contribution in [0.3, 0.4) is 0 Å². The zero-order chi connectivity index (χ0) is 14.9. The van der Waals surface area contributed by atoms with Gasteiger partial charge in [0.15, 0.2) is 5.13 Å². The van der Waals surface area contributed by atoms with E-state index in [1.807, 2.05) is 13.0 Å². The van der Waals surface area contributed by atoms with Crippen LogP contribution >= 0.6 is 22.7 Å². The predicted molar refractivity (Wildman–Crippen MR) is 86.6 cm³/mol. The molecule has 0 amide bonds. The van der Waals surface area contributed by atoms with Gasteiger partial charge in [-0.05, 0) is 37.9 Å². The number of nitrogens with one attached hydrogen (secondary N) is 2. The van der Waals surface area contributed by atoms with Crippen molar-refractivity contribution in [2.45, 2.75) is 36.9 Å². The minimum absolute atomic E-state index is 0.339. The molecule has 0 saturated carbocycles. The van der Waals surface area contributed by atoms with Gasteiger partial charge in [-0.3, -0.25) is 4.72 Å². The highest BCUT2D eigenvalue weighted by atomic mass is 32.2. The van der Waals surface area contributed by atoms with Crippen LogP contribution in [0.5, 0.6) is 0 Å². The molecule has 3 rings (SSSR count). The first kappa shape index (κ1) is 15.0.